The minimum absolute atomic E-state index is 0.114. The highest BCUT2D eigenvalue weighted by Crippen LogP contribution is 2.27. The van der Waals surface area contributed by atoms with Crippen LogP contribution in [0.25, 0.3) is 0 Å². The maximum absolute atomic E-state index is 13.4. The maximum atomic E-state index is 13.4. The van der Waals surface area contributed by atoms with Gasteiger partial charge in [0.1, 0.15) is 37.7 Å². The van der Waals surface area contributed by atoms with Crippen LogP contribution in [-0.4, -0.2) is 87.5 Å². The summed E-state index contributed by atoms with van der Waals surface area (Å²) in [5.41, 5.74) is -2.11. The summed E-state index contributed by atoms with van der Waals surface area (Å²) in [5.74, 6) is -2.70. The summed E-state index contributed by atoms with van der Waals surface area (Å²) in [4.78, 5) is 48.4. The molecule has 1 aliphatic rings. The van der Waals surface area contributed by atoms with Gasteiger partial charge in [-0.05, 0) is 6.92 Å². The Hall–Kier alpha value is -2.65. The number of nitrogens with zero attached hydrogens (tertiary/aromatic N) is 1. The molecule has 0 radical (unpaired) electrons. The molecule has 0 spiro atoms. The van der Waals surface area contributed by atoms with E-state index in [-0.39, 0.29) is 13.0 Å². The number of amides is 1. The first kappa shape index (κ1) is 24.6. The predicted octanol–water partition coefficient (Wildman–Crippen LogP) is -3.26. The van der Waals surface area contributed by atoms with Crippen molar-refractivity contribution in [2.75, 3.05) is 26.4 Å². The van der Waals surface area contributed by atoms with Gasteiger partial charge in [0, 0.05) is 6.42 Å². The fourth-order valence-corrected chi connectivity index (χ4v) is 2.68. The lowest BCUT2D eigenvalue weighted by atomic mass is 10.2. The zero-order valence-corrected chi connectivity index (χ0v) is 16.5. The maximum Gasteiger partial charge on any atom is 0.330 e. The number of hydrogen-bond donors (Lipinski definition) is 5. The number of carbonyl (C=O) groups excluding carboxylic acids is 2. The Balaban J connectivity index is 1.81. The van der Waals surface area contributed by atoms with Gasteiger partial charge in [-0.15, -0.1) is 0 Å². The second-order valence-corrected chi connectivity index (χ2v) is 6.85. The van der Waals surface area contributed by atoms with Gasteiger partial charge in [-0.1, -0.05) is 0 Å². The lowest BCUT2D eigenvalue weighted by molar-refractivity contribution is -0.153. The number of esters is 1. The Morgan fingerprint density at radius 1 is 1.45 bits per heavy atom. The molecule has 0 aliphatic carbocycles. The van der Waals surface area contributed by atoms with Crippen molar-refractivity contribution in [3.8, 4) is 0 Å². The van der Waals surface area contributed by atoms with Gasteiger partial charge in [0.15, 0.2) is 0 Å². The second-order valence-electron chi connectivity index (χ2n) is 6.85. The Bertz CT molecular complexity index is 888. The fourth-order valence-electron chi connectivity index (χ4n) is 2.68. The molecule has 1 amide bonds. The van der Waals surface area contributed by atoms with Crippen molar-refractivity contribution in [2.45, 2.75) is 43.9 Å². The largest absolute Gasteiger partial charge is 0.461 e. The Morgan fingerprint density at radius 3 is 2.84 bits per heavy atom. The molecule has 2 rings (SSSR count). The van der Waals surface area contributed by atoms with Gasteiger partial charge in [0.05, 0.1) is 25.5 Å². The molecule has 1 fully saturated rings. The first-order valence-corrected chi connectivity index (χ1v) is 9.29. The molecular weight excluding hydrogens is 425 g/mol. The SMILES string of the molecule is C[C@H](NC(=O)COCC(O)CO)C(=O)OC[C@@H]1O[C@H](n2cc(F)c(=O)[nH]c2=O)CC1O. The standard InChI is InChI=1S/C17H24FN3O10/c1-8(19-13(25)7-29-5-9(23)4-22)16(27)30-6-12-11(24)2-14(31-12)21-3-10(18)15(26)20-17(21)28/h3,8-9,11-12,14,22-24H,2,4-7H2,1H3,(H,19,25)(H,20,26,28)/t8-,9?,11?,12-,14-/m0/s1. The van der Waals surface area contributed by atoms with Crippen LogP contribution in [0.2, 0.25) is 0 Å². The molecule has 1 saturated heterocycles. The van der Waals surface area contributed by atoms with E-state index in [1.807, 2.05) is 0 Å². The number of carbonyl (C=O) groups is 2. The first-order chi connectivity index (χ1) is 14.6. The van der Waals surface area contributed by atoms with Crippen molar-refractivity contribution < 1.29 is 43.5 Å². The van der Waals surface area contributed by atoms with Crippen LogP contribution in [-0.2, 0) is 23.8 Å². The molecule has 0 aromatic carbocycles. The summed E-state index contributed by atoms with van der Waals surface area (Å²) in [7, 11) is 0. The van der Waals surface area contributed by atoms with Crippen LogP contribution in [0.15, 0.2) is 15.8 Å². The van der Waals surface area contributed by atoms with Crippen LogP contribution in [0.1, 0.15) is 19.6 Å². The molecule has 13 nitrogen and oxygen atoms in total. The van der Waals surface area contributed by atoms with E-state index in [2.05, 4.69) is 5.32 Å². The van der Waals surface area contributed by atoms with E-state index in [1.165, 1.54) is 6.92 Å². The number of aliphatic hydroxyl groups excluding tert-OH is 3. The summed E-state index contributed by atoms with van der Waals surface area (Å²) in [6.45, 7) is -0.294. The van der Waals surface area contributed by atoms with Crippen molar-refractivity contribution >= 4 is 11.9 Å². The van der Waals surface area contributed by atoms with Crippen molar-refractivity contribution in [3.05, 3.63) is 32.9 Å². The third kappa shape index (κ3) is 6.93. The summed E-state index contributed by atoms with van der Waals surface area (Å²) in [5, 5.41) is 30.1. The molecule has 1 aromatic heterocycles. The number of rotatable bonds is 10. The second kappa shape index (κ2) is 11.1. The minimum atomic E-state index is -1.20. The van der Waals surface area contributed by atoms with E-state index < -0.39 is 79.3 Å². The first-order valence-electron chi connectivity index (χ1n) is 9.29. The van der Waals surface area contributed by atoms with Gasteiger partial charge in [0.25, 0.3) is 5.56 Å². The Kier molecular flexibility index (Phi) is 8.82. The van der Waals surface area contributed by atoms with Crippen molar-refractivity contribution in [1.29, 1.82) is 0 Å². The minimum Gasteiger partial charge on any atom is -0.461 e. The molecule has 174 valence electrons. The van der Waals surface area contributed by atoms with Gasteiger partial charge < -0.3 is 34.8 Å². The van der Waals surface area contributed by atoms with E-state index in [9.17, 15) is 28.7 Å². The number of halogens is 1. The van der Waals surface area contributed by atoms with E-state index in [4.69, 9.17) is 24.4 Å². The summed E-state index contributed by atoms with van der Waals surface area (Å²) in [6.07, 6.45) is -3.83. The number of hydrogen-bond acceptors (Lipinski definition) is 10. The molecule has 1 aromatic rings. The van der Waals surface area contributed by atoms with Crippen molar-refractivity contribution in [3.63, 3.8) is 0 Å². The number of H-pyrrole nitrogens is 1. The molecule has 5 atom stereocenters. The van der Waals surface area contributed by atoms with Gasteiger partial charge in [-0.2, -0.15) is 4.39 Å². The molecule has 0 saturated carbocycles. The lowest BCUT2D eigenvalue weighted by Crippen LogP contribution is -2.42. The molecule has 2 unspecified atom stereocenters. The number of aliphatic hydroxyl groups is 3. The smallest absolute Gasteiger partial charge is 0.330 e. The number of nitrogens with one attached hydrogen (secondary N) is 2. The predicted molar refractivity (Wildman–Crippen MR) is 98.3 cm³/mol. The summed E-state index contributed by atoms with van der Waals surface area (Å²) < 4.78 is 29.5. The van der Waals surface area contributed by atoms with E-state index in [0.717, 1.165) is 4.57 Å². The molecule has 1 aliphatic heterocycles. The molecule has 5 N–H and O–H groups in total. The van der Waals surface area contributed by atoms with Crippen molar-refractivity contribution in [1.82, 2.24) is 14.9 Å². The molecule has 14 heteroatoms. The van der Waals surface area contributed by atoms with Gasteiger partial charge >= 0.3 is 11.7 Å². The molecule has 31 heavy (non-hydrogen) atoms. The number of aromatic amines is 1. The van der Waals surface area contributed by atoms with Crippen LogP contribution in [0, 0.1) is 5.82 Å². The van der Waals surface area contributed by atoms with Gasteiger partial charge in [-0.3, -0.25) is 19.1 Å². The van der Waals surface area contributed by atoms with Crippen LogP contribution in [0.4, 0.5) is 4.39 Å². The monoisotopic (exact) mass is 449 g/mol. The quantitative estimate of drug-likeness (QED) is 0.227. The molecular formula is C17H24FN3O10. The van der Waals surface area contributed by atoms with Crippen LogP contribution in [0.3, 0.4) is 0 Å². The molecule has 2 heterocycles. The van der Waals surface area contributed by atoms with Crippen LogP contribution < -0.4 is 16.6 Å². The number of ether oxygens (including phenoxy) is 3. The van der Waals surface area contributed by atoms with Gasteiger partial charge in [0.2, 0.25) is 11.7 Å². The van der Waals surface area contributed by atoms with E-state index in [1.54, 1.807) is 4.98 Å². The topological polar surface area (TPSA) is 189 Å². The Labute approximate surface area is 174 Å². The average molecular weight is 449 g/mol. The highest BCUT2D eigenvalue weighted by atomic mass is 19.1. The van der Waals surface area contributed by atoms with E-state index in [0.29, 0.717) is 6.20 Å². The normalized spacial score (nSPS) is 22.7. The van der Waals surface area contributed by atoms with E-state index >= 15 is 0 Å². The summed E-state index contributed by atoms with van der Waals surface area (Å²) >= 11 is 0. The highest BCUT2D eigenvalue weighted by molar-refractivity contribution is 5.84. The fraction of sp³-hybridized carbons (Fsp3) is 0.647. The average Bonchev–Trinajstić information content (AvgIpc) is 3.08. The van der Waals surface area contributed by atoms with Crippen LogP contribution >= 0.6 is 0 Å². The van der Waals surface area contributed by atoms with Crippen molar-refractivity contribution in [2.24, 2.45) is 0 Å². The summed E-state index contributed by atoms with van der Waals surface area (Å²) in [6, 6.07) is -1.07. The zero-order valence-electron chi connectivity index (χ0n) is 16.5. The third-order valence-corrected chi connectivity index (χ3v) is 4.31. The number of aromatic nitrogens is 2. The highest BCUT2D eigenvalue weighted by Gasteiger charge is 2.37. The molecule has 0 bridgehead atoms. The van der Waals surface area contributed by atoms with Gasteiger partial charge in [-0.25, -0.2) is 9.59 Å². The lowest BCUT2D eigenvalue weighted by Gasteiger charge is -2.18. The van der Waals surface area contributed by atoms with Crippen LogP contribution in [0.5, 0.6) is 0 Å². The zero-order chi connectivity index (χ0) is 23.1. The third-order valence-electron chi connectivity index (χ3n) is 4.31. The Morgan fingerprint density at radius 2 is 2.16 bits per heavy atom.